The van der Waals surface area contributed by atoms with Gasteiger partial charge in [0.25, 0.3) is 0 Å². The molecule has 0 aromatic rings. The average Bonchev–Trinajstić information content (AvgIpc) is 1.90. The highest BCUT2D eigenvalue weighted by Crippen LogP contribution is 1.66. The van der Waals surface area contributed by atoms with Crippen molar-refractivity contribution in [1.29, 1.82) is 0 Å². The molecule has 3 heteroatoms. The zero-order valence-corrected chi connectivity index (χ0v) is 8.22. The van der Waals surface area contributed by atoms with Gasteiger partial charge in [-0.3, -0.25) is 0 Å². The van der Waals surface area contributed by atoms with Gasteiger partial charge in [-0.15, -0.1) is 0 Å². The zero-order valence-electron chi connectivity index (χ0n) is 8.22. The summed E-state index contributed by atoms with van der Waals surface area (Å²) in [5.74, 6) is 0. The second kappa shape index (κ2) is 12.5. The maximum Gasteiger partial charge on any atom is 0.0558 e. The smallest absolute Gasteiger partial charge is 0.0558 e. The molecule has 0 aliphatic heterocycles. The summed E-state index contributed by atoms with van der Waals surface area (Å²) >= 11 is 0. The van der Waals surface area contributed by atoms with E-state index in [2.05, 4.69) is 19.2 Å². The second-order valence-electron chi connectivity index (χ2n) is 2.48. The van der Waals surface area contributed by atoms with E-state index in [4.69, 9.17) is 5.11 Å². The van der Waals surface area contributed by atoms with Crippen molar-refractivity contribution in [2.45, 2.75) is 13.8 Å². The molecule has 0 radical (unpaired) electrons. The fraction of sp³-hybridized carbons (Fsp3) is 1.00. The molecular weight excluding hydrogens is 140 g/mol. The summed E-state index contributed by atoms with van der Waals surface area (Å²) in [6.07, 6.45) is 0. The van der Waals surface area contributed by atoms with Crippen molar-refractivity contribution in [3.8, 4) is 0 Å². The maximum absolute atomic E-state index is 8.20. The Bertz CT molecular complexity index is 56.1. The third-order valence-corrected chi connectivity index (χ3v) is 1.05. The lowest BCUT2D eigenvalue weighted by Crippen LogP contribution is -2.15. The molecule has 0 amide bonds. The lowest BCUT2D eigenvalue weighted by atomic mass is 10.6. The quantitative estimate of drug-likeness (QED) is 0.618. The highest BCUT2D eigenvalue weighted by Gasteiger charge is 1.80. The Morgan fingerprint density at radius 2 is 1.64 bits per heavy atom. The number of hydrogen-bond acceptors (Lipinski definition) is 3. The van der Waals surface area contributed by atoms with Crippen LogP contribution in [0.2, 0.25) is 0 Å². The van der Waals surface area contributed by atoms with Crippen molar-refractivity contribution >= 4 is 0 Å². The number of nitrogens with zero attached hydrogens (tertiary/aromatic N) is 1. The summed E-state index contributed by atoms with van der Waals surface area (Å²) in [5.41, 5.74) is 0. The molecule has 3 nitrogen and oxygen atoms in total. The molecule has 0 aromatic heterocycles. The van der Waals surface area contributed by atoms with Crippen LogP contribution in [0.15, 0.2) is 0 Å². The van der Waals surface area contributed by atoms with Crippen molar-refractivity contribution in [2.24, 2.45) is 0 Å². The Hall–Kier alpha value is -0.120. The molecule has 0 fully saturated rings. The second-order valence-corrected chi connectivity index (χ2v) is 2.48. The molecule has 0 bridgehead atoms. The van der Waals surface area contributed by atoms with Gasteiger partial charge in [-0.25, -0.2) is 0 Å². The number of aliphatic hydroxyl groups is 1. The highest BCUT2D eigenvalue weighted by atomic mass is 16.3. The van der Waals surface area contributed by atoms with Gasteiger partial charge in [-0.2, -0.15) is 0 Å². The molecule has 0 spiro atoms. The van der Waals surface area contributed by atoms with Crippen LogP contribution in [0.25, 0.3) is 0 Å². The number of rotatable bonds is 4. The van der Waals surface area contributed by atoms with E-state index in [1.165, 1.54) is 0 Å². The first-order valence-corrected chi connectivity index (χ1v) is 4.15. The van der Waals surface area contributed by atoms with Gasteiger partial charge in [0.1, 0.15) is 0 Å². The van der Waals surface area contributed by atoms with Crippen LogP contribution in [0, 0.1) is 0 Å². The van der Waals surface area contributed by atoms with E-state index in [1.807, 2.05) is 19.0 Å². The Morgan fingerprint density at radius 3 is 1.64 bits per heavy atom. The fourth-order valence-electron chi connectivity index (χ4n) is 0.450. The fourth-order valence-corrected chi connectivity index (χ4v) is 0.450. The average molecular weight is 162 g/mol. The number of hydrogen-bond donors (Lipinski definition) is 2. The monoisotopic (exact) mass is 162 g/mol. The molecule has 70 valence electrons. The van der Waals surface area contributed by atoms with Crippen LogP contribution in [-0.2, 0) is 0 Å². The summed E-state index contributed by atoms with van der Waals surface area (Å²) in [5, 5.41) is 11.3. The number of aliphatic hydroxyl groups excluding tert-OH is 1. The minimum Gasteiger partial charge on any atom is -0.395 e. The van der Waals surface area contributed by atoms with E-state index >= 15 is 0 Å². The van der Waals surface area contributed by atoms with Crippen LogP contribution in [0.3, 0.4) is 0 Å². The Balaban J connectivity index is 0. The van der Waals surface area contributed by atoms with Gasteiger partial charge in [0.15, 0.2) is 0 Å². The van der Waals surface area contributed by atoms with Crippen LogP contribution in [0.4, 0.5) is 0 Å². The van der Waals surface area contributed by atoms with E-state index < -0.39 is 0 Å². The third-order valence-electron chi connectivity index (χ3n) is 1.05. The van der Waals surface area contributed by atoms with Crippen molar-refractivity contribution in [2.75, 3.05) is 40.3 Å². The zero-order chi connectivity index (χ0) is 9.11. The van der Waals surface area contributed by atoms with Gasteiger partial charge in [-0.05, 0) is 27.2 Å². The molecule has 0 rings (SSSR count). The molecule has 0 heterocycles. The maximum atomic E-state index is 8.20. The van der Waals surface area contributed by atoms with Crippen LogP contribution < -0.4 is 5.32 Å². The largest absolute Gasteiger partial charge is 0.395 e. The first kappa shape index (κ1) is 13.5. The normalized spacial score (nSPS) is 9.27. The van der Waals surface area contributed by atoms with E-state index in [1.54, 1.807) is 0 Å². The van der Waals surface area contributed by atoms with E-state index in [0.717, 1.165) is 19.6 Å². The van der Waals surface area contributed by atoms with Crippen molar-refractivity contribution in [1.82, 2.24) is 10.2 Å². The molecule has 0 aliphatic carbocycles. The van der Waals surface area contributed by atoms with Crippen LogP contribution in [-0.4, -0.2) is 50.3 Å². The number of likely N-dealkylation sites (N-methyl/N-ethyl adjacent to an activating group) is 1. The SMILES string of the molecule is CCNCC.CN(C)CCO. The molecule has 0 saturated carbocycles. The van der Waals surface area contributed by atoms with E-state index in [9.17, 15) is 0 Å². The molecule has 0 saturated heterocycles. The Kier molecular flexibility index (Phi) is 15.4. The molecule has 0 aliphatic rings. The highest BCUT2D eigenvalue weighted by molar-refractivity contribution is 4.34. The van der Waals surface area contributed by atoms with Crippen molar-refractivity contribution < 1.29 is 5.11 Å². The minimum atomic E-state index is 0.257. The molecule has 0 aromatic carbocycles. The Morgan fingerprint density at radius 1 is 1.18 bits per heavy atom. The predicted molar refractivity (Wildman–Crippen MR) is 49.9 cm³/mol. The lowest BCUT2D eigenvalue weighted by Gasteiger charge is -2.03. The summed E-state index contributed by atoms with van der Waals surface area (Å²) in [6.45, 7) is 7.41. The standard InChI is InChI=1S/C4H11NO.C4H11N/c1-5(2)3-4-6;1-3-5-4-2/h6H,3-4H2,1-2H3;5H,3-4H2,1-2H3. The van der Waals surface area contributed by atoms with Crippen LogP contribution in [0.5, 0.6) is 0 Å². The van der Waals surface area contributed by atoms with Crippen molar-refractivity contribution in [3.63, 3.8) is 0 Å². The van der Waals surface area contributed by atoms with Gasteiger partial charge >= 0.3 is 0 Å². The van der Waals surface area contributed by atoms with E-state index in [0.29, 0.717) is 0 Å². The van der Waals surface area contributed by atoms with Gasteiger partial charge in [0.05, 0.1) is 6.61 Å². The van der Waals surface area contributed by atoms with Gasteiger partial charge in [0.2, 0.25) is 0 Å². The first-order chi connectivity index (χ1) is 5.18. The summed E-state index contributed by atoms with van der Waals surface area (Å²) < 4.78 is 0. The van der Waals surface area contributed by atoms with Crippen LogP contribution in [0.1, 0.15) is 13.8 Å². The topological polar surface area (TPSA) is 35.5 Å². The molecule has 0 atom stereocenters. The molecular formula is C8H22N2O. The lowest BCUT2D eigenvalue weighted by molar-refractivity contribution is 0.243. The minimum absolute atomic E-state index is 0.257. The van der Waals surface area contributed by atoms with Crippen molar-refractivity contribution in [3.05, 3.63) is 0 Å². The third kappa shape index (κ3) is 25.8. The van der Waals surface area contributed by atoms with Gasteiger partial charge in [-0.1, -0.05) is 13.8 Å². The van der Waals surface area contributed by atoms with Gasteiger partial charge in [0, 0.05) is 6.54 Å². The molecule has 0 unspecified atom stereocenters. The van der Waals surface area contributed by atoms with E-state index in [-0.39, 0.29) is 6.61 Å². The molecule has 11 heavy (non-hydrogen) atoms. The van der Waals surface area contributed by atoms with Crippen LogP contribution >= 0.6 is 0 Å². The summed E-state index contributed by atoms with van der Waals surface area (Å²) in [7, 11) is 3.85. The predicted octanol–water partition coefficient (Wildman–Crippen LogP) is 0.156. The first-order valence-electron chi connectivity index (χ1n) is 4.15. The summed E-state index contributed by atoms with van der Waals surface area (Å²) in [4.78, 5) is 1.93. The number of nitrogens with one attached hydrogen (secondary N) is 1. The van der Waals surface area contributed by atoms with Gasteiger partial charge < -0.3 is 15.3 Å². The Labute approximate surface area is 70.4 Å². The summed E-state index contributed by atoms with van der Waals surface area (Å²) in [6, 6.07) is 0. The molecule has 2 N–H and O–H groups in total.